The summed E-state index contributed by atoms with van der Waals surface area (Å²) in [4.78, 5) is 42.4. The fourth-order valence-electron chi connectivity index (χ4n) is 6.01. The molecule has 0 bridgehead atoms. The zero-order chi connectivity index (χ0) is 30.5. The Morgan fingerprint density at radius 3 is 2.42 bits per heavy atom. The van der Waals surface area contributed by atoms with Crippen LogP contribution in [0.25, 0.3) is 0 Å². The van der Waals surface area contributed by atoms with Crippen molar-refractivity contribution in [1.82, 2.24) is 15.1 Å². The summed E-state index contributed by atoms with van der Waals surface area (Å²) in [6.45, 7) is 8.39. The third-order valence-corrected chi connectivity index (χ3v) is 8.37. The molecule has 1 radical (unpaired) electrons. The van der Waals surface area contributed by atoms with Crippen molar-refractivity contribution in [1.29, 1.82) is 0 Å². The largest absolute Gasteiger partial charge is 0.465 e. The minimum absolute atomic E-state index is 0.0429. The molecular formula is C33H36FN4O5. The number of piperidine rings is 1. The van der Waals surface area contributed by atoms with Crippen LogP contribution in [0.3, 0.4) is 0 Å². The van der Waals surface area contributed by atoms with E-state index in [9.17, 15) is 23.9 Å². The first-order valence-electron chi connectivity index (χ1n) is 14.4. The second kappa shape index (κ2) is 13.2. The third-order valence-electron chi connectivity index (χ3n) is 8.37. The Morgan fingerprint density at radius 1 is 1.07 bits per heavy atom. The molecule has 3 N–H and O–H groups in total. The molecule has 3 amide bonds. The molecule has 0 spiro atoms. The topological polar surface area (TPSA) is 111 Å². The number of nitrogens with one attached hydrogen (secondary N) is 2. The summed E-state index contributed by atoms with van der Waals surface area (Å²) in [5.41, 5.74) is 1.80. The van der Waals surface area contributed by atoms with Gasteiger partial charge in [-0.25, -0.2) is 9.18 Å². The summed E-state index contributed by atoms with van der Waals surface area (Å²) >= 11 is 0. The number of likely N-dealkylation sites (tertiary alicyclic amines) is 1. The van der Waals surface area contributed by atoms with Crippen LogP contribution in [0.1, 0.15) is 35.7 Å². The Morgan fingerprint density at radius 2 is 1.74 bits per heavy atom. The highest BCUT2D eigenvalue weighted by Gasteiger charge is 2.39. The molecule has 0 saturated carbocycles. The lowest BCUT2D eigenvalue weighted by Crippen LogP contribution is -2.55. The molecule has 9 nitrogen and oxygen atoms in total. The Balaban J connectivity index is 1.31. The van der Waals surface area contributed by atoms with E-state index in [-0.39, 0.29) is 23.9 Å². The number of fused-ring (bicyclic) bond motifs is 1. The van der Waals surface area contributed by atoms with Gasteiger partial charge in [-0.15, -0.1) is 0 Å². The highest BCUT2D eigenvalue weighted by Crippen LogP contribution is 2.33. The van der Waals surface area contributed by atoms with Crippen LogP contribution in [0.5, 0.6) is 11.5 Å². The van der Waals surface area contributed by atoms with Crippen molar-refractivity contribution in [2.45, 2.75) is 38.4 Å². The van der Waals surface area contributed by atoms with Gasteiger partial charge in [-0.2, -0.15) is 0 Å². The van der Waals surface area contributed by atoms with Gasteiger partial charge in [-0.05, 0) is 92.7 Å². The van der Waals surface area contributed by atoms with E-state index in [2.05, 4.69) is 34.6 Å². The summed E-state index contributed by atoms with van der Waals surface area (Å²) < 4.78 is 19.1. The normalized spacial score (nSPS) is 18.2. The van der Waals surface area contributed by atoms with Crippen molar-refractivity contribution in [2.75, 3.05) is 25.0 Å². The number of hydrogen-bond donors (Lipinski definition) is 3. The number of anilines is 1. The number of amides is 3. The van der Waals surface area contributed by atoms with E-state index >= 15 is 0 Å². The molecule has 0 aliphatic carbocycles. The second-order valence-electron chi connectivity index (χ2n) is 11.2. The van der Waals surface area contributed by atoms with Crippen molar-refractivity contribution in [2.24, 2.45) is 11.8 Å². The second-order valence-corrected chi connectivity index (χ2v) is 11.2. The molecule has 5 rings (SSSR count). The van der Waals surface area contributed by atoms with Gasteiger partial charge < -0.3 is 25.4 Å². The van der Waals surface area contributed by atoms with Crippen LogP contribution in [-0.4, -0.2) is 64.5 Å². The van der Waals surface area contributed by atoms with E-state index < -0.39 is 35.8 Å². The molecule has 1 saturated heterocycles. The molecule has 2 heterocycles. The first kappa shape index (κ1) is 30.0. The molecule has 0 aromatic heterocycles. The van der Waals surface area contributed by atoms with E-state index in [0.717, 1.165) is 32.5 Å². The van der Waals surface area contributed by atoms with Crippen LogP contribution in [-0.2, 0) is 11.3 Å². The Kier molecular flexibility index (Phi) is 9.25. The molecule has 3 atom stereocenters. The number of halogens is 1. The van der Waals surface area contributed by atoms with Gasteiger partial charge in [0.05, 0.1) is 11.3 Å². The summed E-state index contributed by atoms with van der Waals surface area (Å²) in [6.07, 6.45) is 0.440. The van der Waals surface area contributed by atoms with Gasteiger partial charge in [0.15, 0.2) is 0 Å². The van der Waals surface area contributed by atoms with E-state index in [1.807, 2.05) is 25.1 Å². The van der Waals surface area contributed by atoms with Gasteiger partial charge in [0.1, 0.15) is 23.9 Å². The van der Waals surface area contributed by atoms with Gasteiger partial charge in [-0.3, -0.25) is 14.5 Å². The molecule has 43 heavy (non-hydrogen) atoms. The van der Waals surface area contributed by atoms with Gasteiger partial charge in [0.25, 0.3) is 5.91 Å². The number of nitrogens with zero attached hydrogens (tertiary/aromatic N) is 2. The fraction of sp³-hybridized carbons (Fsp3) is 0.333. The average Bonchev–Trinajstić information content (AvgIpc) is 3.12. The number of ether oxygens (including phenoxy) is 1. The summed E-state index contributed by atoms with van der Waals surface area (Å²) in [7, 11) is 0. The highest BCUT2D eigenvalue weighted by molar-refractivity contribution is 6.09. The maximum atomic E-state index is 13.9. The maximum Gasteiger partial charge on any atom is 0.404 e. The smallest absolute Gasteiger partial charge is 0.404 e. The Labute approximate surface area is 250 Å². The number of carboxylic acid groups (broad SMARTS) is 1. The minimum Gasteiger partial charge on any atom is -0.465 e. The predicted molar refractivity (Wildman–Crippen MR) is 160 cm³/mol. The van der Waals surface area contributed by atoms with Crippen molar-refractivity contribution >= 4 is 23.6 Å². The highest BCUT2D eigenvalue weighted by atomic mass is 19.1. The zero-order valence-corrected chi connectivity index (χ0v) is 24.0. The first-order valence-corrected chi connectivity index (χ1v) is 14.4. The fourth-order valence-corrected chi connectivity index (χ4v) is 6.01. The zero-order valence-electron chi connectivity index (χ0n) is 24.0. The molecule has 2 aliphatic heterocycles. The molecule has 10 heteroatoms. The molecule has 1 fully saturated rings. The van der Waals surface area contributed by atoms with Crippen molar-refractivity contribution in [3.8, 4) is 11.5 Å². The average molecular weight is 588 g/mol. The van der Waals surface area contributed by atoms with E-state index in [4.69, 9.17) is 4.74 Å². The van der Waals surface area contributed by atoms with Gasteiger partial charge in [0, 0.05) is 18.6 Å². The summed E-state index contributed by atoms with van der Waals surface area (Å²) in [5, 5.41) is 15.2. The van der Waals surface area contributed by atoms with Crippen LogP contribution in [0, 0.1) is 24.6 Å². The van der Waals surface area contributed by atoms with Crippen LogP contribution in [0.15, 0.2) is 72.8 Å². The number of benzene rings is 3. The molecule has 3 unspecified atom stereocenters. The van der Waals surface area contributed by atoms with Crippen LogP contribution >= 0.6 is 0 Å². The van der Waals surface area contributed by atoms with Gasteiger partial charge in [0.2, 0.25) is 5.91 Å². The number of rotatable bonds is 9. The molecule has 3 aromatic carbocycles. The van der Waals surface area contributed by atoms with Crippen LogP contribution < -0.4 is 15.4 Å². The van der Waals surface area contributed by atoms with Crippen molar-refractivity contribution in [3.63, 3.8) is 0 Å². The third kappa shape index (κ3) is 7.32. The van der Waals surface area contributed by atoms with E-state index in [0.29, 0.717) is 17.2 Å². The molecular weight excluding hydrogens is 551 g/mol. The minimum atomic E-state index is -1.14. The van der Waals surface area contributed by atoms with Crippen molar-refractivity contribution < 1.29 is 28.6 Å². The molecule has 2 aliphatic rings. The lowest BCUT2D eigenvalue weighted by molar-refractivity contribution is -0.117. The monoisotopic (exact) mass is 587 g/mol. The van der Waals surface area contributed by atoms with E-state index in [1.54, 1.807) is 12.1 Å². The predicted octanol–water partition coefficient (Wildman–Crippen LogP) is 5.40. The molecule has 3 aromatic rings. The first-order chi connectivity index (χ1) is 20.7. The lowest BCUT2D eigenvalue weighted by atomic mass is 9.79. The van der Waals surface area contributed by atoms with Crippen LogP contribution in [0.2, 0.25) is 0 Å². The summed E-state index contributed by atoms with van der Waals surface area (Å²) in [6, 6.07) is 19.3. The number of hydrogen-bond acceptors (Lipinski definition) is 5. The van der Waals surface area contributed by atoms with Gasteiger partial charge >= 0.3 is 6.09 Å². The maximum absolute atomic E-state index is 13.9. The van der Waals surface area contributed by atoms with Crippen LogP contribution in [0.4, 0.5) is 14.9 Å². The number of carbonyl (C=O) groups is 3. The SMILES string of the molecule is [CH2]C(C(C)C(NC(=O)O)C1CCN(Cc2ccccc2)CC1)N1CC(=O)Nc2ccc(Oc3ccc(F)cc3)cc2C1=O. The quantitative estimate of drug-likeness (QED) is 0.309. The standard InChI is InChI=1S/C33H36FN4O5/c1-21(31(36-33(41)42)24-14-16-37(17-15-24)19-23-6-4-3-5-7-23)22(2)38-20-30(39)35-29-13-12-27(18-28(29)32(38)40)43-26-10-8-25(34)9-11-26/h3-13,18,21-22,24,31,36H,2,14-17,19-20H2,1H3,(H,35,39)(H,41,42). The summed E-state index contributed by atoms with van der Waals surface area (Å²) in [5.74, 6) is -0.805. The van der Waals surface area contributed by atoms with E-state index in [1.165, 1.54) is 40.8 Å². The molecule has 225 valence electrons. The lowest BCUT2D eigenvalue weighted by Gasteiger charge is -2.42. The Hall–Kier alpha value is -4.44. The van der Waals surface area contributed by atoms with Gasteiger partial charge in [-0.1, -0.05) is 37.3 Å². The number of carbonyl (C=O) groups excluding carboxylic acids is 2. The Bertz CT molecular complexity index is 1440. The van der Waals surface area contributed by atoms with Crippen molar-refractivity contribution in [3.05, 3.63) is 96.7 Å².